The standard InChI is InChI=1S/C34H26/c1-23-10-3-5-13-28(23)34-24(2)11-9-17-30(34)25-18-20-26(21-19-25)33-22-27-12-4-6-14-29(27)31-15-7-8-16-32(31)33/h3-22H,1-2H3. The quantitative estimate of drug-likeness (QED) is 0.243. The minimum Gasteiger partial charge on any atom is -0.0620 e. The Morgan fingerprint density at radius 1 is 0.382 bits per heavy atom. The molecule has 0 heteroatoms. The molecule has 34 heavy (non-hydrogen) atoms. The molecule has 0 aromatic heterocycles. The van der Waals surface area contributed by atoms with Crippen LogP contribution in [0.2, 0.25) is 0 Å². The summed E-state index contributed by atoms with van der Waals surface area (Å²) in [6.45, 7) is 4.40. The molecule has 162 valence electrons. The topological polar surface area (TPSA) is 0 Å². The summed E-state index contributed by atoms with van der Waals surface area (Å²) in [5, 5.41) is 5.19. The third-order valence-electron chi connectivity index (χ3n) is 6.96. The van der Waals surface area contributed by atoms with Crippen molar-refractivity contribution < 1.29 is 0 Å². The van der Waals surface area contributed by atoms with Crippen molar-refractivity contribution in [2.24, 2.45) is 0 Å². The van der Waals surface area contributed by atoms with E-state index in [0.717, 1.165) is 0 Å². The van der Waals surface area contributed by atoms with Crippen LogP contribution in [0.3, 0.4) is 0 Å². The molecule has 0 amide bonds. The van der Waals surface area contributed by atoms with E-state index in [4.69, 9.17) is 0 Å². The Labute approximate surface area is 201 Å². The fourth-order valence-electron chi connectivity index (χ4n) is 5.24. The second kappa shape index (κ2) is 8.32. The Hall–Kier alpha value is -4.16. The molecule has 0 N–H and O–H groups in total. The molecule has 6 rings (SSSR count). The van der Waals surface area contributed by atoms with Crippen LogP contribution in [0, 0.1) is 13.8 Å². The van der Waals surface area contributed by atoms with Gasteiger partial charge in [-0.2, -0.15) is 0 Å². The highest BCUT2D eigenvalue weighted by atomic mass is 14.2. The number of fused-ring (bicyclic) bond motifs is 3. The van der Waals surface area contributed by atoms with Gasteiger partial charge in [-0.05, 0) is 86.0 Å². The van der Waals surface area contributed by atoms with Gasteiger partial charge in [0.1, 0.15) is 0 Å². The Bertz CT molecular complexity index is 1650. The van der Waals surface area contributed by atoms with E-state index >= 15 is 0 Å². The molecule has 0 aliphatic heterocycles. The van der Waals surface area contributed by atoms with Crippen LogP contribution < -0.4 is 0 Å². The molecule has 6 aromatic carbocycles. The van der Waals surface area contributed by atoms with Gasteiger partial charge in [0.15, 0.2) is 0 Å². The zero-order chi connectivity index (χ0) is 23.1. The van der Waals surface area contributed by atoms with Gasteiger partial charge in [0, 0.05) is 0 Å². The van der Waals surface area contributed by atoms with E-state index in [9.17, 15) is 0 Å². The average molecular weight is 435 g/mol. The molecular formula is C34H26. The van der Waals surface area contributed by atoms with E-state index in [0.29, 0.717) is 0 Å². The van der Waals surface area contributed by atoms with Crippen LogP contribution in [0.15, 0.2) is 121 Å². The average Bonchev–Trinajstić information content (AvgIpc) is 2.89. The lowest BCUT2D eigenvalue weighted by Crippen LogP contribution is -1.91. The van der Waals surface area contributed by atoms with E-state index in [1.807, 2.05) is 0 Å². The molecule has 0 unspecified atom stereocenters. The molecule has 6 aromatic rings. The van der Waals surface area contributed by atoms with Gasteiger partial charge < -0.3 is 0 Å². The minimum atomic E-state index is 1.25. The minimum absolute atomic E-state index is 1.25. The summed E-state index contributed by atoms with van der Waals surface area (Å²) < 4.78 is 0. The Morgan fingerprint density at radius 2 is 0.941 bits per heavy atom. The van der Waals surface area contributed by atoms with E-state index in [1.165, 1.54) is 66.1 Å². The lowest BCUT2D eigenvalue weighted by Gasteiger charge is -2.16. The first-order chi connectivity index (χ1) is 16.7. The zero-order valence-electron chi connectivity index (χ0n) is 19.5. The fourth-order valence-corrected chi connectivity index (χ4v) is 5.24. The SMILES string of the molecule is Cc1ccccc1-c1c(C)cccc1-c1ccc(-c2cc3ccccc3c3ccccc23)cc1. The van der Waals surface area contributed by atoms with Gasteiger partial charge >= 0.3 is 0 Å². The highest BCUT2D eigenvalue weighted by Gasteiger charge is 2.13. The second-order valence-corrected chi connectivity index (χ2v) is 9.08. The number of hydrogen-bond acceptors (Lipinski definition) is 0. The summed E-state index contributed by atoms with van der Waals surface area (Å²) in [6.07, 6.45) is 0. The smallest absolute Gasteiger partial charge is 0.00735 e. The molecule has 0 spiro atoms. The molecule has 0 aliphatic carbocycles. The van der Waals surface area contributed by atoms with E-state index in [-0.39, 0.29) is 0 Å². The van der Waals surface area contributed by atoms with Gasteiger partial charge in [-0.25, -0.2) is 0 Å². The Balaban J connectivity index is 1.51. The molecule has 0 bridgehead atoms. The predicted molar refractivity (Wildman–Crippen MR) is 147 cm³/mol. The van der Waals surface area contributed by atoms with Crippen LogP contribution in [0.25, 0.3) is 54.9 Å². The summed E-state index contributed by atoms with van der Waals surface area (Å²) in [6, 6.07) is 44.1. The first-order valence-corrected chi connectivity index (χ1v) is 11.9. The summed E-state index contributed by atoms with van der Waals surface area (Å²) in [5.41, 5.74) is 10.3. The van der Waals surface area contributed by atoms with Crippen LogP contribution in [-0.4, -0.2) is 0 Å². The summed E-state index contributed by atoms with van der Waals surface area (Å²) in [5.74, 6) is 0. The maximum absolute atomic E-state index is 2.33. The van der Waals surface area contributed by atoms with Gasteiger partial charge in [0.25, 0.3) is 0 Å². The summed E-state index contributed by atoms with van der Waals surface area (Å²) in [4.78, 5) is 0. The summed E-state index contributed by atoms with van der Waals surface area (Å²) in [7, 11) is 0. The number of aryl methyl sites for hydroxylation is 2. The monoisotopic (exact) mass is 434 g/mol. The van der Waals surface area contributed by atoms with Crippen molar-refractivity contribution in [3.63, 3.8) is 0 Å². The van der Waals surface area contributed by atoms with E-state index in [2.05, 4.69) is 135 Å². The third-order valence-corrected chi connectivity index (χ3v) is 6.96. The number of benzene rings is 6. The van der Waals surface area contributed by atoms with Crippen molar-refractivity contribution in [1.29, 1.82) is 0 Å². The molecular weight excluding hydrogens is 408 g/mol. The normalized spacial score (nSPS) is 11.2. The van der Waals surface area contributed by atoms with E-state index in [1.54, 1.807) is 0 Å². The molecule has 0 atom stereocenters. The largest absolute Gasteiger partial charge is 0.0620 e. The van der Waals surface area contributed by atoms with Crippen LogP contribution >= 0.6 is 0 Å². The predicted octanol–water partition coefficient (Wildman–Crippen LogP) is 9.61. The van der Waals surface area contributed by atoms with Gasteiger partial charge in [-0.1, -0.05) is 115 Å². The number of rotatable bonds is 3. The van der Waals surface area contributed by atoms with Crippen LogP contribution in [0.5, 0.6) is 0 Å². The van der Waals surface area contributed by atoms with Crippen molar-refractivity contribution in [3.8, 4) is 33.4 Å². The maximum atomic E-state index is 2.33. The first kappa shape index (κ1) is 20.4. The zero-order valence-corrected chi connectivity index (χ0v) is 19.5. The maximum Gasteiger partial charge on any atom is -0.00735 e. The highest BCUT2D eigenvalue weighted by molar-refractivity contribution is 6.13. The Morgan fingerprint density at radius 3 is 1.71 bits per heavy atom. The molecule has 0 saturated heterocycles. The van der Waals surface area contributed by atoms with Crippen molar-refractivity contribution in [1.82, 2.24) is 0 Å². The lowest BCUT2D eigenvalue weighted by atomic mass is 9.88. The molecule has 0 heterocycles. The van der Waals surface area contributed by atoms with E-state index < -0.39 is 0 Å². The van der Waals surface area contributed by atoms with Crippen molar-refractivity contribution in [2.75, 3.05) is 0 Å². The molecule has 0 saturated carbocycles. The van der Waals surface area contributed by atoms with Crippen LogP contribution in [-0.2, 0) is 0 Å². The third kappa shape index (κ3) is 3.40. The molecule has 0 radical (unpaired) electrons. The van der Waals surface area contributed by atoms with Crippen molar-refractivity contribution in [3.05, 3.63) is 132 Å². The van der Waals surface area contributed by atoms with Gasteiger partial charge in [-0.3, -0.25) is 0 Å². The van der Waals surface area contributed by atoms with Gasteiger partial charge in [0.2, 0.25) is 0 Å². The fraction of sp³-hybridized carbons (Fsp3) is 0.0588. The van der Waals surface area contributed by atoms with Gasteiger partial charge in [0.05, 0.1) is 0 Å². The molecule has 0 fully saturated rings. The first-order valence-electron chi connectivity index (χ1n) is 11.9. The summed E-state index contributed by atoms with van der Waals surface area (Å²) >= 11 is 0. The van der Waals surface area contributed by atoms with Crippen molar-refractivity contribution >= 4 is 21.5 Å². The molecule has 0 aliphatic rings. The molecule has 0 nitrogen and oxygen atoms in total. The Kier molecular flexibility index (Phi) is 5.00. The van der Waals surface area contributed by atoms with Gasteiger partial charge in [-0.15, -0.1) is 0 Å². The van der Waals surface area contributed by atoms with Crippen molar-refractivity contribution in [2.45, 2.75) is 13.8 Å². The highest BCUT2D eigenvalue weighted by Crippen LogP contribution is 2.39. The number of hydrogen-bond donors (Lipinski definition) is 0. The van der Waals surface area contributed by atoms with Crippen LogP contribution in [0.4, 0.5) is 0 Å². The van der Waals surface area contributed by atoms with Crippen LogP contribution in [0.1, 0.15) is 11.1 Å². The lowest BCUT2D eigenvalue weighted by molar-refractivity contribution is 1.40. The second-order valence-electron chi connectivity index (χ2n) is 9.08.